The summed E-state index contributed by atoms with van der Waals surface area (Å²) in [4.78, 5) is 13.9. The molecule has 1 saturated carbocycles. The van der Waals surface area contributed by atoms with Crippen molar-refractivity contribution in [3.63, 3.8) is 0 Å². The second-order valence-electron chi connectivity index (χ2n) is 6.17. The number of hydrogen-bond donors (Lipinski definition) is 1. The number of nitrogens with one attached hydrogen (secondary N) is 1. The molecule has 0 radical (unpaired) electrons. The Labute approximate surface area is 127 Å². The minimum Gasteiger partial charge on any atom is -0.339 e. The van der Waals surface area contributed by atoms with E-state index in [1.165, 1.54) is 17.8 Å². The van der Waals surface area contributed by atoms with E-state index < -0.39 is 10.0 Å². The van der Waals surface area contributed by atoms with Gasteiger partial charge in [-0.25, -0.2) is 8.42 Å². The molecule has 0 unspecified atom stereocenters. The van der Waals surface area contributed by atoms with Crippen molar-refractivity contribution in [3.05, 3.63) is 0 Å². The minimum absolute atomic E-state index is 0.0327. The Morgan fingerprint density at radius 3 is 2.43 bits per heavy atom. The van der Waals surface area contributed by atoms with Crippen LogP contribution in [-0.4, -0.2) is 69.1 Å². The van der Waals surface area contributed by atoms with Gasteiger partial charge in [-0.2, -0.15) is 4.31 Å². The highest BCUT2D eigenvalue weighted by Gasteiger charge is 2.27. The molecule has 21 heavy (non-hydrogen) atoms. The van der Waals surface area contributed by atoms with E-state index in [1.54, 1.807) is 4.90 Å². The first kappa shape index (κ1) is 16.7. The molecule has 1 heterocycles. The quantitative estimate of drug-likeness (QED) is 0.790. The topological polar surface area (TPSA) is 69.7 Å². The van der Waals surface area contributed by atoms with Gasteiger partial charge in [0.25, 0.3) is 0 Å². The molecule has 2 fully saturated rings. The van der Waals surface area contributed by atoms with Crippen molar-refractivity contribution in [3.8, 4) is 0 Å². The van der Waals surface area contributed by atoms with Gasteiger partial charge in [-0.05, 0) is 18.8 Å². The molecular formula is C14H27N3O3S. The summed E-state index contributed by atoms with van der Waals surface area (Å²) in [7, 11) is -1.80. The van der Waals surface area contributed by atoms with E-state index in [1.807, 2.05) is 0 Å². The van der Waals surface area contributed by atoms with Gasteiger partial charge in [0.05, 0.1) is 12.3 Å². The third kappa shape index (κ3) is 4.93. The Morgan fingerprint density at radius 1 is 1.19 bits per heavy atom. The highest BCUT2D eigenvalue weighted by Crippen LogP contribution is 2.25. The van der Waals surface area contributed by atoms with Gasteiger partial charge in [-0.1, -0.05) is 19.3 Å². The second kappa shape index (κ2) is 7.56. The molecule has 0 aromatic heterocycles. The molecule has 1 aliphatic heterocycles. The summed E-state index contributed by atoms with van der Waals surface area (Å²) >= 11 is 0. The molecule has 0 aromatic rings. The second-order valence-corrected chi connectivity index (χ2v) is 8.29. The maximum absolute atomic E-state index is 12.4. The number of nitrogens with zero attached hydrogens (tertiary/aromatic N) is 2. The van der Waals surface area contributed by atoms with Gasteiger partial charge in [0.1, 0.15) is 0 Å². The summed E-state index contributed by atoms with van der Waals surface area (Å²) in [6.45, 7) is 2.86. The third-order valence-corrected chi connectivity index (χ3v) is 6.45. The van der Waals surface area contributed by atoms with E-state index in [0.29, 0.717) is 13.1 Å². The molecule has 1 amide bonds. The van der Waals surface area contributed by atoms with Crippen molar-refractivity contribution in [2.75, 3.05) is 45.5 Å². The zero-order valence-corrected chi connectivity index (χ0v) is 13.7. The van der Waals surface area contributed by atoms with Gasteiger partial charge in [0.2, 0.25) is 15.9 Å². The highest BCUT2D eigenvalue weighted by atomic mass is 32.2. The summed E-state index contributed by atoms with van der Waals surface area (Å²) in [5.41, 5.74) is 0. The van der Waals surface area contributed by atoms with E-state index in [0.717, 1.165) is 38.8 Å². The molecule has 0 bridgehead atoms. The van der Waals surface area contributed by atoms with Crippen LogP contribution in [0.2, 0.25) is 0 Å². The number of sulfonamides is 1. The summed E-state index contributed by atoms with van der Waals surface area (Å²) < 4.78 is 26.0. The summed E-state index contributed by atoms with van der Waals surface area (Å²) in [5, 5.41) is 3.18. The van der Waals surface area contributed by atoms with E-state index >= 15 is 0 Å². The number of piperazine rings is 1. The van der Waals surface area contributed by atoms with Gasteiger partial charge >= 0.3 is 0 Å². The summed E-state index contributed by atoms with van der Waals surface area (Å²) in [6.07, 6.45) is 5.47. The highest BCUT2D eigenvalue weighted by molar-refractivity contribution is 7.89. The number of rotatable bonds is 5. The summed E-state index contributed by atoms with van der Waals surface area (Å²) in [6, 6.07) is 0. The minimum atomic E-state index is -3.32. The normalized spacial score (nSPS) is 21.7. The van der Waals surface area contributed by atoms with Crippen LogP contribution < -0.4 is 5.32 Å². The first-order valence-electron chi connectivity index (χ1n) is 7.91. The lowest BCUT2D eigenvalue weighted by atomic mass is 9.91. The van der Waals surface area contributed by atoms with Gasteiger partial charge in [-0.15, -0.1) is 0 Å². The first-order chi connectivity index (χ1) is 9.99. The van der Waals surface area contributed by atoms with Crippen molar-refractivity contribution in [1.29, 1.82) is 0 Å². The van der Waals surface area contributed by atoms with Crippen LogP contribution in [0.4, 0.5) is 0 Å². The Balaban J connectivity index is 1.85. The fourth-order valence-electron chi connectivity index (χ4n) is 3.08. The lowest BCUT2D eigenvalue weighted by molar-refractivity contribution is -0.131. The van der Waals surface area contributed by atoms with Crippen molar-refractivity contribution >= 4 is 15.9 Å². The van der Waals surface area contributed by atoms with Gasteiger partial charge < -0.3 is 10.2 Å². The molecule has 0 spiro atoms. The number of carbonyl (C=O) groups is 1. The van der Waals surface area contributed by atoms with Crippen molar-refractivity contribution in [2.24, 2.45) is 5.92 Å². The largest absolute Gasteiger partial charge is 0.339 e. The van der Waals surface area contributed by atoms with Crippen LogP contribution in [0.1, 0.15) is 32.1 Å². The van der Waals surface area contributed by atoms with Crippen LogP contribution >= 0.6 is 0 Å². The molecule has 0 aromatic carbocycles. The Bertz CT molecular complexity index is 440. The zero-order valence-electron chi connectivity index (χ0n) is 12.9. The Kier molecular flexibility index (Phi) is 6.01. The molecule has 122 valence electrons. The van der Waals surface area contributed by atoms with Gasteiger partial charge in [0.15, 0.2) is 0 Å². The number of likely N-dealkylation sites (N-methyl/N-ethyl adjacent to an activating group) is 1. The monoisotopic (exact) mass is 317 g/mol. The molecule has 2 aliphatic rings. The number of hydrogen-bond acceptors (Lipinski definition) is 4. The fourth-order valence-corrected chi connectivity index (χ4v) is 4.57. The van der Waals surface area contributed by atoms with Crippen LogP contribution in [0.3, 0.4) is 0 Å². The molecule has 1 aliphatic carbocycles. The summed E-state index contributed by atoms with van der Waals surface area (Å²) in [5.74, 6) is 0.366. The smallest absolute Gasteiger partial charge is 0.237 e. The SMILES string of the molecule is CN(CC(=O)N1CCNCC1)S(=O)(=O)CC1CCCCC1. The van der Waals surface area contributed by atoms with E-state index in [-0.39, 0.29) is 24.1 Å². The Morgan fingerprint density at radius 2 is 1.81 bits per heavy atom. The Hall–Kier alpha value is -0.660. The standard InChI is InChI=1S/C14H27N3O3S/c1-16(11-14(18)17-9-7-15-8-10-17)21(19,20)12-13-5-3-2-4-6-13/h13,15H,2-12H2,1H3. The molecule has 7 heteroatoms. The third-order valence-electron chi connectivity index (χ3n) is 4.47. The molecular weight excluding hydrogens is 290 g/mol. The van der Waals surface area contributed by atoms with E-state index in [2.05, 4.69) is 5.32 Å². The molecule has 1 N–H and O–H groups in total. The van der Waals surface area contributed by atoms with Crippen LogP contribution in [0, 0.1) is 5.92 Å². The zero-order chi connectivity index (χ0) is 15.3. The average Bonchev–Trinajstić information content (AvgIpc) is 2.48. The van der Waals surface area contributed by atoms with Gasteiger partial charge in [0, 0.05) is 33.2 Å². The number of carbonyl (C=O) groups excluding carboxylic acids is 1. The van der Waals surface area contributed by atoms with Crippen LogP contribution in [-0.2, 0) is 14.8 Å². The molecule has 0 atom stereocenters. The lowest BCUT2D eigenvalue weighted by Crippen LogP contribution is -2.50. The van der Waals surface area contributed by atoms with Crippen molar-refractivity contribution in [2.45, 2.75) is 32.1 Å². The first-order valence-corrected chi connectivity index (χ1v) is 9.52. The average molecular weight is 317 g/mol. The van der Waals surface area contributed by atoms with Gasteiger partial charge in [-0.3, -0.25) is 4.79 Å². The van der Waals surface area contributed by atoms with Crippen molar-refractivity contribution < 1.29 is 13.2 Å². The molecule has 1 saturated heterocycles. The molecule has 6 nitrogen and oxygen atoms in total. The predicted molar refractivity (Wildman–Crippen MR) is 82.4 cm³/mol. The predicted octanol–water partition coefficient (Wildman–Crippen LogP) is 0.260. The maximum Gasteiger partial charge on any atom is 0.237 e. The number of amides is 1. The fraction of sp³-hybridized carbons (Fsp3) is 0.929. The molecule has 2 rings (SSSR count). The van der Waals surface area contributed by atoms with Crippen LogP contribution in [0.15, 0.2) is 0 Å². The van der Waals surface area contributed by atoms with Crippen LogP contribution in [0.25, 0.3) is 0 Å². The van der Waals surface area contributed by atoms with E-state index in [9.17, 15) is 13.2 Å². The maximum atomic E-state index is 12.4. The van der Waals surface area contributed by atoms with Crippen molar-refractivity contribution in [1.82, 2.24) is 14.5 Å². The van der Waals surface area contributed by atoms with E-state index in [4.69, 9.17) is 0 Å². The van der Waals surface area contributed by atoms with Crippen LogP contribution in [0.5, 0.6) is 0 Å². The lowest BCUT2D eigenvalue weighted by Gasteiger charge is -2.29.